The maximum absolute atomic E-state index is 5.79. The SMILES string of the molecule is Cc1csc2c(NCCCC(C)CCl)ncnc12. The number of hydrogen-bond donors (Lipinski definition) is 1. The maximum atomic E-state index is 5.79. The van der Waals surface area contributed by atoms with Crippen molar-refractivity contribution in [2.75, 3.05) is 17.7 Å². The van der Waals surface area contributed by atoms with Crippen molar-refractivity contribution in [2.24, 2.45) is 5.92 Å². The molecule has 0 spiro atoms. The smallest absolute Gasteiger partial charge is 0.147 e. The Labute approximate surface area is 117 Å². The monoisotopic (exact) mass is 283 g/mol. The number of alkyl halides is 1. The molecular weight excluding hydrogens is 266 g/mol. The molecule has 1 atom stereocenters. The Morgan fingerprint density at radius 3 is 3.06 bits per heavy atom. The molecule has 0 aliphatic heterocycles. The molecule has 3 nitrogen and oxygen atoms in total. The third-order valence-corrected chi connectivity index (χ3v) is 4.58. The minimum Gasteiger partial charge on any atom is -0.369 e. The van der Waals surface area contributed by atoms with E-state index in [2.05, 4.69) is 34.5 Å². The standard InChI is InChI=1S/C13H18ClN3S/c1-9(6-14)4-3-5-15-13-12-11(16-8-17-13)10(2)7-18-12/h7-9H,3-6H2,1-2H3,(H,15,16,17). The van der Waals surface area contributed by atoms with E-state index in [-0.39, 0.29) is 0 Å². The second-order valence-electron chi connectivity index (χ2n) is 4.65. The average Bonchev–Trinajstić information content (AvgIpc) is 2.77. The van der Waals surface area contributed by atoms with Crippen molar-refractivity contribution in [1.82, 2.24) is 9.97 Å². The van der Waals surface area contributed by atoms with Gasteiger partial charge in [-0.05, 0) is 36.6 Å². The first kappa shape index (κ1) is 13.6. The highest BCUT2D eigenvalue weighted by Crippen LogP contribution is 2.28. The summed E-state index contributed by atoms with van der Waals surface area (Å²) in [5.74, 6) is 2.28. The zero-order valence-electron chi connectivity index (χ0n) is 10.7. The third kappa shape index (κ3) is 3.12. The molecule has 2 aromatic rings. The second kappa shape index (κ2) is 6.34. The summed E-state index contributed by atoms with van der Waals surface area (Å²) in [7, 11) is 0. The Morgan fingerprint density at radius 1 is 1.44 bits per heavy atom. The van der Waals surface area contributed by atoms with Crippen LogP contribution in [0.3, 0.4) is 0 Å². The van der Waals surface area contributed by atoms with E-state index in [0.717, 1.165) is 41.3 Å². The van der Waals surface area contributed by atoms with Gasteiger partial charge in [-0.25, -0.2) is 9.97 Å². The molecule has 0 aliphatic rings. The van der Waals surface area contributed by atoms with E-state index >= 15 is 0 Å². The van der Waals surface area contributed by atoms with E-state index in [1.807, 2.05) is 0 Å². The van der Waals surface area contributed by atoms with Crippen molar-refractivity contribution < 1.29 is 0 Å². The van der Waals surface area contributed by atoms with Crippen molar-refractivity contribution in [3.63, 3.8) is 0 Å². The Morgan fingerprint density at radius 2 is 2.28 bits per heavy atom. The Balaban J connectivity index is 1.95. The predicted molar refractivity (Wildman–Crippen MR) is 79.8 cm³/mol. The summed E-state index contributed by atoms with van der Waals surface area (Å²) in [6.07, 6.45) is 3.89. The third-order valence-electron chi connectivity index (χ3n) is 2.96. The number of anilines is 1. The summed E-state index contributed by atoms with van der Waals surface area (Å²) in [6, 6.07) is 0. The number of aryl methyl sites for hydroxylation is 1. The van der Waals surface area contributed by atoms with Crippen LogP contribution in [0.25, 0.3) is 10.2 Å². The molecule has 0 fully saturated rings. The van der Waals surface area contributed by atoms with Gasteiger partial charge >= 0.3 is 0 Å². The molecule has 98 valence electrons. The fourth-order valence-electron chi connectivity index (χ4n) is 1.83. The number of halogens is 1. The molecule has 0 saturated heterocycles. The Hall–Kier alpha value is -0.870. The van der Waals surface area contributed by atoms with E-state index < -0.39 is 0 Å². The van der Waals surface area contributed by atoms with Crippen LogP contribution in [0.4, 0.5) is 5.82 Å². The molecule has 2 rings (SSSR count). The molecule has 18 heavy (non-hydrogen) atoms. The van der Waals surface area contributed by atoms with Crippen molar-refractivity contribution in [1.29, 1.82) is 0 Å². The summed E-state index contributed by atoms with van der Waals surface area (Å²) < 4.78 is 1.15. The highest BCUT2D eigenvalue weighted by Gasteiger charge is 2.07. The normalized spacial score (nSPS) is 12.8. The van der Waals surface area contributed by atoms with Gasteiger partial charge in [-0.2, -0.15) is 0 Å². The molecular formula is C13H18ClN3S. The molecule has 0 bridgehead atoms. The lowest BCUT2D eigenvalue weighted by molar-refractivity contribution is 0.572. The van der Waals surface area contributed by atoms with E-state index in [0.29, 0.717) is 5.92 Å². The second-order valence-corrected chi connectivity index (χ2v) is 5.84. The number of fused-ring (bicyclic) bond motifs is 1. The van der Waals surface area contributed by atoms with Gasteiger partial charge in [0, 0.05) is 12.4 Å². The zero-order chi connectivity index (χ0) is 13.0. The van der Waals surface area contributed by atoms with Crippen LogP contribution in [0, 0.1) is 12.8 Å². The summed E-state index contributed by atoms with van der Waals surface area (Å²) in [5, 5.41) is 5.52. The summed E-state index contributed by atoms with van der Waals surface area (Å²) in [6.45, 7) is 5.20. The van der Waals surface area contributed by atoms with Crippen molar-refractivity contribution >= 4 is 39.0 Å². The summed E-state index contributed by atoms with van der Waals surface area (Å²) in [5.41, 5.74) is 2.28. The molecule has 2 aromatic heterocycles. The van der Waals surface area contributed by atoms with Crippen LogP contribution in [0.5, 0.6) is 0 Å². The quantitative estimate of drug-likeness (QED) is 0.641. The number of thiophene rings is 1. The highest BCUT2D eigenvalue weighted by molar-refractivity contribution is 7.18. The maximum Gasteiger partial charge on any atom is 0.147 e. The minimum absolute atomic E-state index is 0.586. The first-order chi connectivity index (χ1) is 8.72. The van der Waals surface area contributed by atoms with E-state index in [1.54, 1.807) is 17.7 Å². The molecule has 1 N–H and O–H groups in total. The molecule has 5 heteroatoms. The van der Waals surface area contributed by atoms with Crippen LogP contribution in [0.15, 0.2) is 11.7 Å². The van der Waals surface area contributed by atoms with Gasteiger partial charge < -0.3 is 5.32 Å². The largest absolute Gasteiger partial charge is 0.369 e. The van der Waals surface area contributed by atoms with Crippen molar-refractivity contribution in [3.8, 4) is 0 Å². The minimum atomic E-state index is 0.586. The van der Waals surface area contributed by atoms with E-state index in [1.165, 1.54) is 5.56 Å². The van der Waals surface area contributed by atoms with Gasteiger partial charge in [-0.1, -0.05) is 6.92 Å². The van der Waals surface area contributed by atoms with Gasteiger partial charge in [0.1, 0.15) is 12.1 Å². The predicted octanol–water partition coefficient (Wildman–Crippen LogP) is 4.07. The molecule has 0 saturated carbocycles. The van der Waals surface area contributed by atoms with Gasteiger partial charge in [0.05, 0.1) is 10.2 Å². The number of aromatic nitrogens is 2. The topological polar surface area (TPSA) is 37.8 Å². The first-order valence-electron chi connectivity index (χ1n) is 6.21. The molecule has 0 amide bonds. The molecule has 1 unspecified atom stereocenters. The Kier molecular flexibility index (Phi) is 4.78. The van der Waals surface area contributed by atoms with Gasteiger partial charge in [-0.3, -0.25) is 0 Å². The van der Waals surface area contributed by atoms with Crippen LogP contribution >= 0.6 is 22.9 Å². The fraction of sp³-hybridized carbons (Fsp3) is 0.538. The number of nitrogens with zero attached hydrogens (tertiary/aromatic N) is 2. The van der Waals surface area contributed by atoms with E-state index in [9.17, 15) is 0 Å². The lowest BCUT2D eigenvalue weighted by Crippen LogP contribution is -2.06. The van der Waals surface area contributed by atoms with Crippen molar-refractivity contribution in [2.45, 2.75) is 26.7 Å². The molecule has 0 aliphatic carbocycles. The van der Waals surface area contributed by atoms with Crippen LogP contribution in [0.2, 0.25) is 0 Å². The van der Waals surface area contributed by atoms with Crippen molar-refractivity contribution in [3.05, 3.63) is 17.3 Å². The van der Waals surface area contributed by atoms with Gasteiger partial charge in [-0.15, -0.1) is 22.9 Å². The van der Waals surface area contributed by atoms with E-state index in [4.69, 9.17) is 11.6 Å². The summed E-state index contributed by atoms with van der Waals surface area (Å²) in [4.78, 5) is 8.63. The van der Waals surface area contributed by atoms with Crippen LogP contribution < -0.4 is 5.32 Å². The van der Waals surface area contributed by atoms with Gasteiger partial charge in [0.2, 0.25) is 0 Å². The first-order valence-corrected chi connectivity index (χ1v) is 7.62. The van der Waals surface area contributed by atoms with Crippen LogP contribution in [-0.4, -0.2) is 22.4 Å². The average molecular weight is 284 g/mol. The summed E-state index contributed by atoms with van der Waals surface area (Å²) >= 11 is 7.49. The fourth-order valence-corrected chi connectivity index (χ4v) is 2.95. The lowest BCUT2D eigenvalue weighted by atomic mass is 10.1. The van der Waals surface area contributed by atoms with Gasteiger partial charge in [0.15, 0.2) is 0 Å². The molecule has 2 heterocycles. The zero-order valence-corrected chi connectivity index (χ0v) is 12.3. The Bertz CT molecular complexity index is 512. The lowest BCUT2D eigenvalue weighted by Gasteiger charge is -2.08. The van der Waals surface area contributed by atoms with Crippen LogP contribution in [0.1, 0.15) is 25.3 Å². The number of hydrogen-bond acceptors (Lipinski definition) is 4. The van der Waals surface area contributed by atoms with Crippen LogP contribution in [-0.2, 0) is 0 Å². The van der Waals surface area contributed by atoms with Gasteiger partial charge in [0.25, 0.3) is 0 Å². The molecule has 0 aromatic carbocycles. The number of rotatable bonds is 6. The number of nitrogens with one attached hydrogen (secondary N) is 1. The highest BCUT2D eigenvalue weighted by atomic mass is 35.5. The molecule has 0 radical (unpaired) electrons.